The third kappa shape index (κ3) is 4.22. The molecular weight excluding hydrogens is 346 g/mol. The van der Waals surface area contributed by atoms with Crippen LogP contribution < -0.4 is 14.8 Å². The maximum absolute atomic E-state index is 12.5. The number of benzene rings is 2. The minimum absolute atomic E-state index is 0.204. The first kappa shape index (κ1) is 18.8. The Morgan fingerprint density at radius 2 is 1.81 bits per heavy atom. The van der Waals surface area contributed by atoms with Gasteiger partial charge in [-0.1, -0.05) is 36.4 Å². The van der Waals surface area contributed by atoms with Gasteiger partial charge in [-0.15, -0.1) is 0 Å². The molecule has 1 aliphatic heterocycles. The summed E-state index contributed by atoms with van der Waals surface area (Å²) in [5.74, 6) is 0.547. The fraction of sp³-hybridized carbons (Fsp3) is 0.333. The van der Waals surface area contributed by atoms with Gasteiger partial charge in [0.25, 0.3) is 5.91 Å². The number of fused-ring (bicyclic) bond motifs is 1. The van der Waals surface area contributed by atoms with Crippen LogP contribution in [0.25, 0.3) is 0 Å². The van der Waals surface area contributed by atoms with E-state index < -0.39 is 17.5 Å². The van der Waals surface area contributed by atoms with E-state index in [4.69, 9.17) is 14.2 Å². The van der Waals surface area contributed by atoms with Crippen LogP contribution in [-0.2, 0) is 26.3 Å². The van der Waals surface area contributed by atoms with Gasteiger partial charge in [-0.25, -0.2) is 0 Å². The second-order valence-electron chi connectivity index (χ2n) is 6.94. The minimum atomic E-state index is -0.894. The number of esters is 1. The molecule has 0 aliphatic carbocycles. The van der Waals surface area contributed by atoms with Crippen LogP contribution >= 0.6 is 0 Å². The van der Waals surface area contributed by atoms with Crippen LogP contribution in [0.3, 0.4) is 0 Å². The lowest BCUT2D eigenvalue weighted by molar-refractivity contribution is -0.159. The fourth-order valence-electron chi connectivity index (χ4n) is 2.72. The van der Waals surface area contributed by atoms with Crippen molar-refractivity contribution in [2.75, 3.05) is 6.79 Å². The van der Waals surface area contributed by atoms with E-state index in [9.17, 15) is 9.59 Å². The molecule has 1 N–H and O–H groups in total. The van der Waals surface area contributed by atoms with Crippen LogP contribution in [0.4, 0.5) is 0 Å². The Hall–Kier alpha value is -3.02. The smallest absolute Gasteiger partial charge is 0.316 e. The van der Waals surface area contributed by atoms with E-state index in [1.54, 1.807) is 26.8 Å². The highest BCUT2D eigenvalue weighted by atomic mass is 16.7. The molecule has 0 saturated carbocycles. The van der Waals surface area contributed by atoms with E-state index in [2.05, 4.69) is 5.32 Å². The predicted octanol–water partition coefficient (Wildman–Crippen LogP) is 2.94. The van der Waals surface area contributed by atoms with Crippen LogP contribution in [0.5, 0.6) is 11.5 Å². The number of rotatable bonds is 6. The van der Waals surface area contributed by atoms with Crippen LogP contribution in [-0.4, -0.2) is 24.8 Å². The van der Waals surface area contributed by atoms with E-state index in [-0.39, 0.29) is 12.7 Å². The van der Waals surface area contributed by atoms with E-state index in [1.807, 2.05) is 42.5 Å². The highest BCUT2D eigenvalue weighted by Gasteiger charge is 2.33. The summed E-state index contributed by atoms with van der Waals surface area (Å²) in [6.07, 6.45) is -0.894. The van der Waals surface area contributed by atoms with Crippen molar-refractivity contribution in [3.63, 3.8) is 0 Å². The molecule has 1 amide bonds. The van der Waals surface area contributed by atoms with Crippen LogP contribution in [0, 0.1) is 0 Å². The lowest BCUT2D eigenvalue weighted by Gasteiger charge is -2.25. The number of carbonyl (C=O) groups excluding carboxylic acids is 2. The van der Waals surface area contributed by atoms with Crippen LogP contribution in [0.1, 0.15) is 31.9 Å². The first-order valence-electron chi connectivity index (χ1n) is 8.81. The van der Waals surface area contributed by atoms with E-state index in [0.717, 1.165) is 11.1 Å². The normalized spacial score (nSPS) is 13.7. The fourth-order valence-corrected chi connectivity index (χ4v) is 2.72. The Kier molecular flexibility index (Phi) is 5.35. The molecule has 3 rings (SSSR count). The Morgan fingerprint density at radius 1 is 1.11 bits per heavy atom. The zero-order valence-corrected chi connectivity index (χ0v) is 15.7. The topological polar surface area (TPSA) is 73.9 Å². The lowest BCUT2D eigenvalue weighted by Crippen LogP contribution is -2.40. The molecule has 6 heteroatoms. The van der Waals surface area contributed by atoms with Crippen molar-refractivity contribution in [2.24, 2.45) is 0 Å². The van der Waals surface area contributed by atoms with Gasteiger partial charge < -0.3 is 19.5 Å². The third-order valence-corrected chi connectivity index (χ3v) is 4.56. The number of carbonyl (C=O) groups is 2. The number of hydrogen-bond acceptors (Lipinski definition) is 5. The van der Waals surface area contributed by atoms with Crippen molar-refractivity contribution in [3.8, 4) is 11.5 Å². The first-order chi connectivity index (χ1) is 12.9. The Labute approximate surface area is 158 Å². The van der Waals surface area contributed by atoms with Gasteiger partial charge in [-0.05, 0) is 44.0 Å². The first-order valence-corrected chi connectivity index (χ1v) is 8.81. The van der Waals surface area contributed by atoms with Crippen molar-refractivity contribution in [3.05, 3.63) is 59.7 Å². The van der Waals surface area contributed by atoms with E-state index in [0.29, 0.717) is 18.0 Å². The Bertz CT molecular complexity index is 832. The number of nitrogens with one attached hydrogen (secondary N) is 1. The Balaban J connectivity index is 1.55. The summed E-state index contributed by atoms with van der Waals surface area (Å²) in [6.45, 7) is 5.63. The summed E-state index contributed by atoms with van der Waals surface area (Å²) >= 11 is 0. The highest BCUT2D eigenvalue weighted by Crippen LogP contribution is 2.32. The summed E-state index contributed by atoms with van der Waals surface area (Å²) in [5, 5.41) is 2.77. The van der Waals surface area contributed by atoms with Gasteiger partial charge in [0.2, 0.25) is 6.79 Å². The summed E-state index contributed by atoms with van der Waals surface area (Å²) in [6, 6.07) is 14.8. The number of hydrogen-bond donors (Lipinski definition) is 1. The Morgan fingerprint density at radius 3 is 2.56 bits per heavy atom. The molecule has 0 saturated heterocycles. The molecule has 0 fully saturated rings. The average molecular weight is 369 g/mol. The summed E-state index contributed by atoms with van der Waals surface area (Å²) in [4.78, 5) is 24.9. The summed E-state index contributed by atoms with van der Waals surface area (Å²) < 4.78 is 16.0. The highest BCUT2D eigenvalue weighted by molar-refractivity contribution is 5.87. The zero-order chi connectivity index (χ0) is 19.4. The van der Waals surface area contributed by atoms with Crippen molar-refractivity contribution in [1.29, 1.82) is 0 Å². The second kappa shape index (κ2) is 7.70. The zero-order valence-electron chi connectivity index (χ0n) is 15.7. The molecule has 2 aromatic carbocycles. The minimum Gasteiger partial charge on any atom is -0.454 e. The van der Waals surface area contributed by atoms with Gasteiger partial charge in [0.1, 0.15) is 0 Å². The van der Waals surface area contributed by atoms with Crippen molar-refractivity contribution >= 4 is 11.9 Å². The van der Waals surface area contributed by atoms with Crippen molar-refractivity contribution < 1.29 is 23.8 Å². The second-order valence-corrected chi connectivity index (χ2v) is 6.94. The standard InChI is InChI=1S/C21H23NO5/c1-14(27-20(24)21(2,3)16-7-5-4-6-8-16)19(23)22-12-15-9-10-17-18(11-15)26-13-25-17/h4-11,14H,12-13H2,1-3H3,(H,22,23)/t14-/m1/s1. The average Bonchev–Trinajstić information content (AvgIpc) is 3.14. The lowest BCUT2D eigenvalue weighted by atomic mass is 9.85. The predicted molar refractivity (Wildman–Crippen MR) is 99.4 cm³/mol. The van der Waals surface area contributed by atoms with Crippen LogP contribution in [0.2, 0.25) is 0 Å². The SMILES string of the molecule is C[C@@H](OC(=O)C(C)(C)c1ccccc1)C(=O)NCc1ccc2c(c1)OCO2. The van der Waals surface area contributed by atoms with Gasteiger partial charge in [-0.2, -0.15) is 0 Å². The monoisotopic (exact) mass is 369 g/mol. The van der Waals surface area contributed by atoms with E-state index in [1.165, 1.54) is 0 Å². The largest absolute Gasteiger partial charge is 0.454 e. The molecule has 1 atom stereocenters. The molecule has 0 spiro atoms. The maximum atomic E-state index is 12.5. The van der Waals surface area contributed by atoms with Gasteiger partial charge in [0.05, 0.1) is 5.41 Å². The molecule has 0 aromatic heterocycles. The van der Waals surface area contributed by atoms with Crippen LogP contribution in [0.15, 0.2) is 48.5 Å². The molecule has 0 radical (unpaired) electrons. The van der Waals surface area contributed by atoms with Gasteiger partial charge in [0, 0.05) is 6.54 Å². The molecule has 0 bridgehead atoms. The molecule has 1 aliphatic rings. The van der Waals surface area contributed by atoms with E-state index >= 15 is 0 Å². The van der Waals surface area contributed by atoms with Crippen molar-refractivity contribution in [2.45, 2.75) is 38.8 Å². The third-order valence-electron chi connectivity index (χ3n) is 4.56. The molecule has 0 unspecified atom stereocenters. The number of amides is 1. The molecular formula is C21H23NO5. The van der Waals surface area contributed by atoms with Crippen molar-refractivity contribution in [1.82, 2.24) is 5.32 Å². The van der Waals surface area contributed by atoms with Gasteiger partial charge in [-0.3, -0.25) is 9.59 Å². The summed E-state index contributed by atoms with van der Waals surface area (Å²) in [5.41, 5.74) is 0.867. The molecule has 27 heavy (non-hydrogen) atoms. The molecule has 142 valence electrons. The number of ether oxygens (including phenoxy) is 3. The summed E-state index contributed by atoms with van der Waals surface area (Å²) in [7, 11) is 0. The quantitative estimate of drug-likeness (QED) is 0.793. The molecule has 2 aromatic rings. The molecule has 6 nitrogen and oxygen atoms in total. The molecule has 1 heterocycles. The van der Waals surface area contributed by atoms with Gasteiger partial charge >= 0.3 is 5.97 Å². The van der Waals surface area contributed by atoms with Gasteiger partial charge in [0.15, 0.2) is 17.6 Å². The maximum Gasteiger partial charge on any atom is 0.316 e.